The molecule has 156 valence electrons. The number of carbonyl (C=O) groups is 1. The van der Waals surface area contributed by atoms with Crippen molar-refractivity contribution in [2.24, 2.45) is 11.3 Å². The zero-order chi connectivity index (χ0) is 21.8. The van der Waals surface area contributed by atoms with Crippen LogP contribution in [-0.2, 0) is 9.53 Å². The SMILES string of the molecule is C=C[C@@]1(C)CO/C(=C(/C)c2ccccc2)[C@H]1C(=O)N(c1ccccc1)c1ccccc1. The predicted octanol–water partition coefficient (Wildman–Crippen LogP) is 6.62. The lowest BCUT2D eigenvalue weighted by Gasteiger charge is -2.31. The van der Waals surface area contributed by atoms with E-state index in [1.54, 1.807) is 4.90 Å². The van der Waals surface area contributed by atoms with E-state index < -0.39 is 11.3 Å². The number of ether oxygens (including phenoxy) is 1. The first-order valence-electron chi connectivity index (χ1n) is 10.5. The molecule has 0 spiro atoms. The smallest absolute Gasteiger partial charge is 0.243 e. The zero-order valence-electron chi connectivity index (χ0n) is 18.0. The highest BCUT2D eigenvalue weighted by molar-refractivity contribution is 6.04. The van der Waals surface area contributed by atoms with Gasteiger partial charge in [-0.3, -0.25) is 9.69 Å². The van der Waals surface area contributed by atoms with Gasteiger partial charge in [-0.15, -0.1) is 6.58 Å². The molecule has 1 fully saturated rings. The summed E-state index contributed by atoms with van der Waals surface area (Å²) in [6.07, 6.45) is 1.86. The molecule has 4 rings (SSSR count). The highest BCUT2D eigenvalue weighted by atomic mass is 16.5. The molecular weight excluding hydrogens is 382 g/mol. The second kappa shape index (κ2) is 8.65. The van der Waals surface area contributed by atoms with Crippen LogP contribution < -0.4 is 4.90 Å². The summed E-state index contributed by atoms with van der Waals surface area (Å²) in [6.45, 7) is 8.53. The number of benzene rings is 3. The fraction of sp³-hybridized carbons (Fsp3) is 0.179. The average Bonchev–Trinajstić information content (AvgIpc) is 3.18. The highest BCUT2D eigenvalue weighted by Gasteiger charge is 2.49. The van der Waals surface area contributed by atoms with Crippen molar-refractivity contribution in [3.05, 3.63) is 115 Å². The predicted molar refractivity (Wildman–Crippen MR) is 127 cm³/mol. The van der Waals surface area contributed by atoms with E-state index in [-0.39, 0.29) is 5.91 Å². The normalized spacial score (nSPS) is 21.8. The Hall–Kier alpha value is -3.59. The Bertz CT molecular complexity index is 1050. The van der Waals surface area contributed by atoms with Gasteiger partial charge in [-0.2, -0.15) is 0 Å². The Kier molecular flexibility index (Phi) is 5.77. The van der Waals surface area contributed by atoms with E-state index in [0.29, 0.717) is 6.61 Å². The molecule has 1 aliphatic rings. The van der Waals surface area contributed by atoms with Crippen molar-refractivity contribution < 1.29 is 9.53 Å². The molecule has 3 nitrogen and oxygen atoms in total. The van der Waals surface area contributed by atoms with Gasteiger partial charge in [-0.05, 0) is 42.3 Å². The van der Waals surface area contributed by atoms with Crippen molar-refractivity contribution in [3.63, 3.8) is 0 Å². The van der Waals surface area contributed by atoms with Crippen LogP contribution in [0.1, 0.15) is 19.4 Å². The fourth-order valence-corrected chi connectivity index (χ4v) is 4.11. The number of anilines is 2. The minimum Gasteiger partial charge on any atom is -0.496 e. The minimum absolute atomic E-state index is 0.0254. The van der Waals surface area contributed by atoms with E-state index in [0.717, 1.165) is 28.3 Å². The van der Waals surface area contributed by atoms with E-state index in [1.807, 2.05) is 111 Å². The monoisotopic (exact) mass is 409 g/mol. The first-order valence-corrected chi connectivity index (χ1v) is 10.5. The first kappa shape index (κ1) is 20.7. The summed E-state index contributed by atoms with van der Waals surface area (Å²) in [7, 11) is 0. The van der Waals surface area contributed by atoms with Gasteiger partial charge in [0, 0.05) is 16.8 Å². The largest absolute Gasteiger partial charge is 0.496 e. The summed E-state index contributed by atoms with van der Waals surface area (Å²) in [5, 5.41) is 0. The molecule has 3 heteroatoms. The number of allylic oxidation sites excluding steroid dienone is 1. The molecule has 31 heavy (non-hydrogen) atoms. The number of carbonyl (C=O) groups excluding carboxylic acids is 1. The Balaban J connectivity index is 1.86. The van der Waals surface area contributed by atoms with Crippen molar-refractivity contribution in [1.82, 2.24) is 0 Å². The standard InChI is InChI=1S/C28H27NO2/c1-4-28(3)20-31-26(21(2)22-14-8-5-9-15-22)25(28)27(30)29(23-16-10-6-11-17-23)24-18-12-7-13-19-24/h4-19,25H,1,20H2,2-3H3/b26-21-/t25-,28-/m0/s1. The molecule has 1 aliphatic heterocycles. The number of nitrogens with zero attached hydrogens (tertiary/aromatic N) is 1. The lowest BCUT2D eigenvalue weighted by molar-refractivity contribution is -0.122. The molecule has 0 unspecified atom stereocenters. The van der Waals surface area contributed by atoms with Crippen LogP contribution in [0.15, 0.2) is 109 Å². The average molecular weight is 410 g/mol. The Morgan fingerprint density at radius 1 is 0.935 bits per heavy atom. The quantitative estimate of drug-likeness (QED) is 0.443. The van der Waals surface area contributed by atoms with Gasteiger partial charge < -0.3 is 4.74 Å². The summed E-state index contributed by atoms with van der Waals surface area (Å²) in [5.74, 6) is 0.212. The van der Waals surface area contributed by atoms with Gasteiger partial charge in [0.25, 0.3) is 0 Å². The van der Waals surface area contributed by atoms with Crippen LogP contribution in [0.3, 0.4) is 0 Å². The van der Waals surface area contributed by atoms with E-state index in [2.05, 4.69) is 6.58 Å². The molecule has 1 saturated heterocycles. The van der Waals surface area contributed by atoms with Gasteiger partial charge in [-0.25, -0.2) is 0 Å². The molecule has 3 aromatic rings. The van der Waals surface area contributed by atoms with Gasteiger partial charge in [0.15, 0.2) is 0 Å². The highest BCUT2D eigenvalue weighted by Crippen LogP contribution is 2.47. The van der Waals surface area contributed by atoms with Crippen molar-refractivity contribution in [3.8, 4) is 0 Å². The molecule has 0 bridgehead atoms. The van der Waals surface area contributed by atoms with Crippen LogP contribution in [0.25, 0.3) is 5.57 Å². The number of hydrogen-bond donors (Lipinski definition) is 0. The number of para-hydroxylation sites is 2. The summed E-state index contributed by atoms with van der Waals surface area (Å²) >= 11 is 0. The second-order valence-electron chi connectivity index (χ2n) is 8.13. The molecule has 0 radical (unpaired) electrons. The van der Waals surface area contributed by atoms with Crippen molar-refractivity contribution >= 4 is 22.9 Å². The zero-order valence-corrected chi connectivity index (χ0v) is 18.0. The molecule has 0 aliphatic carbocycles. The fourth-order valence-electron chi connectivity index (χ4n) is 4.11. The maximum absolute atomic E-state index is 14.2. The van der Waals surface area contributed by atoms with E-state index in [4.69, 9.17) is 4.74 Å². The number of rotatable bonds is 5. The van der Waals surface area contributed by atoms with Gasteiger partial charge in [0.2, 0.25) is 5.91 Å². The molecule has 3 aromatic carbocycles. The number of hydrogen-bond acceptors (Lipinski definition) is 2. The van der Waals surface area contributed by atoms with Gasteiger partial charge in [0.05, 0.1) is 6.61 Å². The maximum atomic E-state index is 14.2. The van der Waals surface area contributed by atoms with E-state index >= 15 is 0 Å². The summed E-state index contributed by atoms with van der Waals surface area (Å²) in [5.41, 5.74) is 3.17. The van der Waals surface area contributed by atoms with Crippen LogP contribution in [0, 0.1) is 11.3 Å². The van der Waals surface area contributed by atoms with Gasteiger partial charge in [-0.1, -0.05) is 79.7 Å². The third kappa shape index (κ3) is 3.91. The lowest BCUT2D eigenvalue weighted by Crippen LogP contribution is -2.39. The van der Waals surface area contributed by atoms with Crippen LogP contribution in [0.5, 0.6) is 0 Å². The molecule has 2 atom stereocenters. The second-order valence-corrected chi connectivity index (χ2v) is 8.13. The van der Waals surface area contributed by atoms with Crippen molar-refractivity contribution in [1.29, 1.82) is 0 Å². The molecule has 1 heterocycles. The topological polar surface area (TPSA) is 29.5 Å². The van der Waals surface area contributed by atoms with Gasteiger partial charge >= 0.3 is 0 Å². The Morgan fingerprint density at radius 3 is 1.90 bits per heavy atom. The Morgan fingerprint density at radius 2 is 1.42 bits per heavy atom. The maximum Gasteiger partial charge on any atom is 0.243 e. The molecule has 0 N–H and O–H groups in total. The minimum atomic E-state index is -0.510. The van der Waals surface area contributed by atoms with Crippen LogP contribution in [-0.4, -0.2) is 12.5 Å². The van der Waals surface area contributed by atoms with Crippen LogP contribution >= 0.6 is 0 Å². The third-order valence-electron chi connectivity index (χ3n) is 6.00. The Labute approximate surface area is 184 Å². The summed E-state index contributed by atoms with van der Waals surface area (Å²) in [4.78, 5) is 16.0. The number of amides is 1. The van der Waals surface area contributed by atoms with Crippen molar-refractivity contribution in [2.45, 2.75) is 13.8 Å². The van der Waals surface area contributed by atoms with E-state index in [1.165, 1.54) is 0 Å². The summed E-state index contributed by atoms with van der Waals surface area (Å²) in [6, 6.07) is 29.6. The van der Waals surface area contributed by atoms with Crippen molar-refractivity contribution in [2.75, 3.05) is 11.5 Å². The summed E-state index contributed by atoms with van der Waals surface area (Å²) < 4.78 is 6.19. The molecular formula is C28H27NO2. The van der Waals surface area contributed by atoms with Gasteiger partial charge in [0.1, 0.15) is 11.7 Å². The molecule has 0 saturated carbocycles. The van der Waals surface area contributed by atoms with E-state index in [9.17, 15) is 4.79 Å². The molecule has 0 aromatic heterocycles. The first-order chi connectivity index (χ1) is 15.0. The third-order valence-corrected chi connectivity index (χ3v) is 6.00. The van der Waals surface area contributed by atoms with Crippen LogP contribution in [0.2, 0.25) is 0 Å². The molecule has 1 amide bonds. The lowest BCUT2D eigenvalue weighted by atomic mass is 9.76. The van der Waals surface area contributed by atoms with Crippen LogP contribution in [0.4, 0.5) is 11.4 Å².